The van der Waals surface area contributed by atoms with Crippen LogP contribution in [0, 0.1) is 0 Å². The summed E-state index contributed by atoms with van der Waals surface area (Å²) < 4.78 is 23.7. The van der Waals surface area contributed by atoms with Crippen LogP contribution in [0.25, 0.3) is 5.69 Å². The van der Waals surface area contributed by atoms with Crippen LogP contribution in [-0.4, -0.2) is 74.6 Å². The Balaban J connectivity index is 0.925. The van der Waals surface area contributed by atoms with Crippen molar-refractivity contribution in [2.75, 3.05) is 49.2 Å². The smallest absolute Gasteiger partial charge is 0.350 e. The molecule has 4 heterocycles. The summed E-state index contributed by atoms with van der Waals surface area (Å²) in [6.45, 7) is 8.48. The molecule has 0 radical (unpaired) electrons. The van der Waals surface area contributed by atoms with E-state index in [4.69, 9.17) is 37.4 Å². The molecule has 5 aromatic rings. The summed E-state index contributed by atoms with van der Waals surface area (Å²) in [5.41, 5.74) is 3.64. The highest BCUT2D eigenvalue weighted by molar-refractivity contribution is 6.35. The second kappa shape index (κ2) is 14.2. The van der Waals surface area contributed by atoms with Gasteiger partial charge in [-0.1, -0.05) is 36.2 Å². The minimum absolute atomic E-state index is 0.0645. The number of piperazine rings is 1. The Morgan fingerprint density at radius 3 is 2.22 bits per heavy atom. The lowest BCUT2D eigenvalue weighted by atomic mass is 10.1. The molecule has 3 atom stereocenters. The molecule has 0 bridgehead atoms. The molecule has 2 aliphatic rings. The van der Waals surface area contributed by atoms with Crippen LogP contribution < -0.4 is 20.2 Å². The van der Waals surface area contributed by atoms with Gasteiger partial charge < -0.3 is 24.0 Å². The van der Waals surface area contributed by atoms with Gasteiger partial charge >= 0.3 is 5.69 Å². The van der Waals surface area contributed by atoms with Crippen molar-refractivity contribution in [3.8, 4) is 11.4 Å². The molecule has 2 aliphatic heterocycles. The average molecular weight is 706 g/mol. The summed E-state index contributed by atoms with van der Waals surface area (Å²) in [7, 11) is 0. The minimum Gasteiger partial charge on any atom is -0.491 e. The normalized spacial score (nSPS) is 20.1. The van der Waals surface area contributed by atoms with Crippen LogP contribution in [-0.2, 0) is 21.8 Å². The summed E-state index contributed by atoms with van der Waals surface area (Å²) >= 11 is 12.7. The molecule has 0 saturated carbocycles. The van der Waals surface area contributed by atoms with Gasteiger partial charge in [-0.3, -0.25) is 0 Å². The predicted octanol–water partition coefficient (Wildman–Crippen LogP) is 5.58. The van der Waals surface area contributed by atoms with Crippen LogP contribution in [0.5, 0.6) is 5.75 Å². The highest BCUT2D eigenvalue weighted by atomic mass is 35.5. The van der Waals surface area contributed by atoms with Crippen molar-refractivity contribution in [1.29, 1.82) is 0 Å². The lowest BCUT2D eigenvalue weighted by molar-refractivity contribution is -0.190. The Morgan fingerprint density at radius 1 is 0.918 bits per heavy atom. The van der Waals surface area contributed by atoms with Gasteiger partial charge in [0.1, 0.15) is 44.0 Å². The lowest BCUT2D eigenvalue weighted by Gasteiger charge is -2.37. The fourth-order valence-electron chi connectivity index (χ4n) is 6.24. The van der Waals surface area contributed by atoms with Gasteiger partial charge in [-0.15, -0.1) is 0 Å². The Kier molecular flexibility index (Phi) is 9.64. The number of halogens is 2. The number of aromatic nitrogens is 6. The largest absolute Gasteiger partial charge is 0.491 e. The van der Waals surface area contributed by atoms with Gasteiger partial charge in [-0.2, -0.15) is 10.2 Å². The molecule has 3 aromatic carbocycles. The third kappa shape index (κ3) is 7.04. The first-order chi connectivity index (χ1) is 23.8. The maximum absolute atomic E-state index is 12.8. The maximum Gasteiger partial charge on any atom is 0.350 e. The number of hydrogen-bond acceptors (Lipinski definition) is 9. The number of anilines is 2. The number of hydrogen-bond donors (Lipinski definition) is 0. The molecule has 0 N–H and O–H groups in total. The SMILES string of the molecule is CCC(C)n1ncn(-c2ccc(N3CCN(c4ccc(OC[C@H]5COC(Cn6cncn6)(c6ccc(Cl)cc6Cl)O5)cc4)CC3)cc2)c1=O. The predicted molar refractivity (Wildman–Crippen MR) is 188 cm³/mol. The first-order valence-corrected chi connectivity index (χ1v) is 17.2. The van der Waals surface area contributed by atoms with Crippen molar-refractivity contribution in [1.82, 2.24) is 29.1 Å². The maximum atomic E-state index is 12.8. The van der Waals surface area contributed by atoms with Crippen LogP contribution in [0.3, 0.4) is 0 Å². The summed E-state index contributed by atoms with van der Waals surface area (Å²) in [6, 6.07) is 21.6. The summed E-state index contributed by atoms with van der Waals surface area (Å²) in [4.78, 5) is 21.6. The van der Waals surface area contributed by atoms with Gasteiger partial charge in [0.25, 0.3) is 0 Å². The topological polar surface area (TPSA) is 105 Å². The summed E-state index contributed by atoms with van der Waals surface area (Å²) in [5.74, 6) is -0.410. The monoisotopic (exact) mass is 704 g/mol. The van der Waals surface area contributed by atoms with Crippen molar-refractivity contribution < 1.29 is 14.2 Å². The van der Waals surface area contributed by atoms with Crippen molar-refractivity contribution in [2.24, 2.45) is 0 Å². The van der Waals surface area contributed by atoms with E-state index in [2.05, 4.69) is 49.2 Å². The first kappa shape index (κ1) is 33.2. The number of benzene rings is 3. The zero-order valence-electron chi connectivity index (χ0n) is 27.4. The lowest BCUT2D eigenvalue weighted by Crippen LogP contribution is -2.46. The first-order valence-electron chi connectivity index (χ1n) is 16.4. The Morgan fingerprint density at radius 2 is 1.59 bits per heavy atom. The average Bonchev–Trinajstić information content (AvgIpc) is 3.88. The molecule has 14 heteroatoms. The minimum atomic E-state index is -1.16. The molecule has 0 aliphatic carbocycles. The van der Waals surface area contributed by atoms with Crippen molar-refractivity contribution in [2.45, 2.75) is 44.7 Å². The van der Waals surface area contributed by atoms with Crippen LogP contribution in [0.2, 0.25) is 10.0 Å². The van der Waals surface area contributed by atoms with Crippen LogP contribution in [0.15, 0.2) is 90.5 Å². The molecule has 12 nitrogen and oxygen atoms in total. The fraction of sp³-hybridized carbons (Fsp3) is 0.371. The van der Waals surface area contributed by atoms with Crippen molar-refractivity contribution in [3.63, 3.8) is 0 Å². The van der Waals surface area contributed by atoms with Gasteiger partial charge in [-0.25, -0.2) is 23.7 Å². The van der Waals surface area contributed by atoms with Crippen LogP contribution >= 0.6 is 23.2 Å². The van der Waals surface area contributed by atoms with E-state index in [0.717, 1.165) is 55.4 Å². The fourth-order valence-corrected chi connectivity index (χ4v) is 6.79. The second-order valence-corrected chi connectivity index (χ2v) is 13.1. The van der Waals surface area contributed by atoms with Crippen molar-refractivity contribution in [3.05, 3.63) is 112 Å². The Labute approximate surface area is 294 Å². The van der Waals surface area contributed by atoms with E-state index in [-0.39, 0.29) is 24.4 Å². The van der Waals surface area contributed by atoms with Gasteiger partial charge in [0, 0.05) is 48.1 Å². The number of rotatable bonds is 11. The zero-order valence-corrected chi connectivity index (χ0v) is 28.9. The second-order valence-electron chi connectivity index (χ2n) is 12.3. The van der Waals surface area contributed by atoms with Crippen LogP contribution in [0.4, 0.5) is 11.4 Å². The third-order valence-corrected chi connectivity index (χ3v) is 9.70. The number of nitrogens with zero attached hydrogens (tertiary/aromatic N) is 8. The Hall–Kier alpha value is -4.36. The van der Waals surface area contributed by atoms with Gasteiger partial charge in [0.2, 0.25) is 5.79 Å². The molecule has 49 heavy (non-hydrogen) atoms. The molecule has 2 saturated heterocycles. The molecule has 2 fully saturated rings. The molecular weight excluding hydrogens is 667 g/mol. The Bertz CT molecular complexity index is 1910. The van der Waals surface area contributed by atoms with E-state index in [1.807, 2.05) is 44.2 Å². The van der Waals surface area contributed by atoms with E-state index >= 15 is 0 Å². The standard InChI is InChI=1S/C35H38Cl2N8O4/c1-3-25(2)45-34(46)44(24-40-45)29-7-5-27(6-8-29)41-14-16-42(17-15-41)28-9-11-30(12-10-28)47-19-31-20-48-35(49-31,21-43-23-38-22-39-43)32-13-4-26(36)18-33(32)37/h4-13,18,22-25,31H,3,14-17,19-21H2,1-2H3/t25?,31-,35?/m0/s1. The van der Waals surface area contributed by atoms with Gasteiger partial charge in [0.15, 0.2) is 0 Å². The highest BCUT2D eigenvalue weighted by Crippen LogP contribution is 2.40. The third-order valence-electron chi connectivity index (χ3n) is 9.15. The molecule has 0 spiro atoms. The van der Waals surface area contributed by atoms with E-state index in [1.54, 1.807) is 34.0 Å². The zero-order chi connectivity index (χ0) is 34.0. The van der Waals surface area contributed by atoms with Crippen molar-refractivity contribution >= 4 is 34.6 Å². The molecule has 7 rings (SSSR count). The molecule has 2 aromatic heterocycles. The quantitative estimate of drug-likeness (QED) is 0.174. The van der Waals surface area contributed by atoms with E-state index in [9.17, 15) is 4.79 Å². The molecular formula is C35H38Cl2N8O4. The van der Waals surface area contributed by atoms with Crippen LogP contribution in [0.1, 0.15) is 31.9 Å². The highest BCUT2D eigenvalue weighted by Gasteiger charge is 2.45. The molecule has 0 amide bonds. The van der Waals surface area contributed by atoms with E-state index < -0.39 is 5.79 Å². The van der Waals surface area contributed by atoms with Gasteiger partial charge in [-0.05, 0) is 74.0 Å². The summed E-state index contributed by atoms with van der Waals surface area (Å²) in [5, 5.41) is 9.50. The molecule has 2 unspecified atom stereocenters. The summed E-state index contributed by atoms with van der Waals surface area (Å²) in [6.07, 6.45) is 5.19. The van der Waals surface area contributed by atoms with Gasteiger partial charge in [0.05, 0.1) is 23.4 Å². The van der Waals surface area contributed by atoms with E-state index in [0.29, 0.717) is 28.8 Å². The van der Waals surface area contributed by atoms with E-state index in [1.165, 1.54) is 11.0 Å². The molecule has 256 valence electrons. The number of ether oxygens (including phenoxy) is 3.